The summed E-state index contributed by atoms with van der Waals surface area (Å²) in [5.41, 5.74) is 10.6. The monoisotopic (exact) mass is 259 g/mol. The number of aryl methyl sites for hydroxylation is 1. The van der Waals surface area contributed by atoms with Gasteiger partial charge in [0, 0.05) is 36.8 Å². The van der Waals surface area contributed by atoms with Crippen LogP contribution in [0.25, 0.3) is 10.6 Å². The first-order valence-electron chi connectivity index (χ1n) is 6.27. The standard InChI is InChI=1S/C14H17N3S/c1-17-6-2-3-10-7-11(4-5-13(10)17)14-16-12(8-15)9-18-14/h4-5,7,9H,2-3,6,8,15H2,1H3. The maximum Gasteiger partial charge on any atom is 0.123 e. The summed E-state index contributed by atoms with van der Waals surface area (Å²) in [6.45, 7) is 1.67. The predicted molar refractivity (Wildman–Crippen MR) is 77.0 cm³/mol. The zero-order chi connectivity index (χ0) is 12.5. The summed E-state index contributed by atoms with van der Waals surface area (Å²) in [6, 6.07) is 6.66. The predicted octanol–water partition coefficient (Wildman–Crippen LogP) is 2.65. The van der Waals surface area contributed by atoms with Gasteiger partial charge < -0.3 is 10.6 Å². The highest BCUT2D eigenvalue weighted by Gasteiger charge is 2.14. The quantitative estimate of drug-likeness (QED) is 0.901. The van der Waals surface area contributed by atoms with Gasteiger partial charge in [-0.1, -0.05) is 0 Å². The van der Waals surface area contributed by atoms with Crippen LogP contribution in [0, 0.1) is 0 Å². The van der Waals surface area contributed by atoms with Crippen molar-refractivity contribution in [3.63, 3.8) is 0 Å². The number of thiazole rings is 1. The Kier molecular flexibility index (Phi) is 3.06. The van der Waals surface area contributed by atoms with Crippen molar-refractivity contribution in [2.75, 3.05) is 18.5 Å². The summed E-state index contributed by atoms with van der Waals surface area (Å²) in [7, 11) is 2.16. The van der Waals surface area contributed by atoms with Gasteiger partial charge in [-0.3, -0.25) is 0 Å². The van der Waals surface area contributed by atoms with Crippen molar-refractivity contribution in [2.45, 2.75) is 19.4 Å². The molecule has 3 rings (SSSR count). The molecule has 2 heterocycles. The lowest BCUT2D eigenvalue weighted by atomic mass is 10.00. The molecule has 2 aromatic rings. The van der Waals surface area contributed by atoms with Gasteiger partial charge in [-0.15, -0.1) is 11.3 Å². The van der Waals surface area contributed by atoms with Crippen LogP contribution in [0.1, 0.15) is 17.7 Å². The third-order valence-corrected chi connectivity index (χ3v) is 4.38. The van der Waals surface area contributed by atoms with Crippen molar-refractivity contribution in [3.8, 4) is 10.6 Å². The molecule has 1 aromatic carbocycles. The molecule has 4 heteroatoms. The van der Waals surface area contributed by atoms with E-state index in [0.29, 0.717) is 6.54 Å². The van der Waals surface area contributed by atoms with Crippen molar-refractivity contribution in [1.29, 1.82) is 0 Å². The Labute approximate surface area is 111 Å². The summed E-state index contributed by atoms with van der Waals surface area (Å²) in [6.07, 6.45) is 2.40. The number of aromatic nitrogens is 1. The summed E-state index contributed by atoms with van der Waals surface area (Å²) >= 11 is 1.67. The molecule has 0 unspecified atom stereocenters. The van der Waals surface area contributed by atoms with Crippen molar-refractivity contribution >= 4 is 17.0 Å². The topological polar surface area (TPSA) is 42.2 Å². The Hall–Kier alpha value is -1.39. The average Bonchev–Trinajstić information content (AvgIpc) is 2.87. The highest BCUT2D eigenvalue weighted by atomic mass is 32.1. The van der Waals surface area contributed by atoms with E-state index in [1.165, 1.54) is 29.7 Å². The molecule has 0 saturated carbocycles. The minimum Gasteiger partial charge on any atom is -0.374 e. The van der Waals surface area contributed by atoms with Gasteiger partial charge in [-0.25, -0.2) is 4.98 Å². The fraction of sp³-hybridized carbons (Fsp3) is 0.357. The van der Waals surface area contributed by atoms with E-state index >= 15 is 0 Å². The van der Waals surface area contributed by atoms with Crippen LogP contribution in [-0.4, -0.2) is 18.6 Å². The first kappa shape index (κ1) is 11.7. The molecule has 0 bridgehead atoms. The molecule has 0 atom stereocenters. The number of anilines is 1. The van der Waals surface area contributed by atoms with Gasteiger partial charge in [0.05, 0.1) is 5.69 Å². The van der Waals surface area contributed by atoms with E-state index in [2.05, 4.69) is 35.1 Å². The number of fused-ring (bicyclic) bond motifs is 1. The molecule has 1 aliphatic rings. The molecule has 0 amide bonds. The fourth-order valence-electron chi connectivity index (χ4n) is 2.45. The molecule has 0 saturated heterocycles. The van der Waals surface area contributed by atoms with Crippen LogP contribution in [0.2, 0.25) is 0 Å². The highest BCUT2D eigenvalue weighted by Crippen LogP contribution is 2.32. The number of hydrogen-bond acceptors (Lipinski definition) is 4. The van der Waals surface area contributed by atoms with Crippen LogP contribution in [0.15, 0.2) is 23.6 Å². The molecule has 0 aliphatic carbocycles. The van der Waals surface area contributed by atoms with Crippen LogP contribution in [0.4, 0.5) is 5.69 Å². The van der Waals surface area contributed by atoms with Crippen LogP contribution in [0.5, 0.6) is 0 Å². The average molecular weight is 259 g/mol. The van der Waals surface area contributed by atoms with Crippen molar-refractivity contribution < 1.29 is 0 Å². The van der Waals surface area contributed by atoms with Crippen LogP contribution >= 0.6 is 11.3 Å². The van der Waals surface area contributed by atoms with E-state index in [9.17, 15) is 0 Å². The number of nitrogens with zero attached hydrogens (tertiary/aromatic N) is 2. The number of hydrogen-bond donors (Lipinski definition) is 1. The van der Waals surface area contributed by atoms with Gasteiger partial charge in [0.15, 0.2) is 0 Å². The maximum absolute atomic E-state index is 5.61. The molecule has 2 N–H and O–H groups in total. The van der Waals surface area contributed by atoms with Gasteiger partial charge in [-0.05, 0) is 36.6 Å². The molecule has 0 fully saturated rings. The van der Waals surface area contributed by atoms with E-state index in [0.717, 1.165) is 17.2 Å². The first-order chi connectivity index (χ1) is 8.78. The summed E-state index contributed by atoms with van der Waals surface area (Å²) in [5.74, 6) is 0. The minimum atomic E-state index is 0.518. The summed E-state index contributed by atoms with van der Waals surface area (Å²) < 4.78 is 0. The maximum atomic E-state index is 5.61. The zero-order valence-electron chi connectivity index (χ0n) is 10.5. The van der Waals surface area contributed by atoms with E-state index in [-0.39, 0.29) is 0 Å². The summed E-state index contributed by atoms with van der Waals surface area (Å²) in [4.78, 5) is 6.88. The SMILES string of the molecule is CN1CCCc2cc(-c3nc(CN)cs3)ccc21. The van der Waals surface area contributed by atoms with E-state index < -0.39 is 0 Å². The largest absolute Gasteiger partial charge is 0.374 e. The van der Waals surface area contributed by atoms with E-state index in [1.807, 2.05) is 5.38 Å². The van der Waals surface area contributed by atoms with Gasteiger partial charge in [0.25, 0.3) is 0 Å². The number of nitrogens with two attached hydrogens (primary N) is 1. The highest BCUT2D eigenvalue weighted by molar-refractivity contribution is 7.13. The second-order valence-corrected chi connectivity index (χ2v) is 5.57. The Morgan fingerprint density at radius 3 is 3.11 bits per heavy atom. The molecule has 94 valence electrons. The molecule has 1 aromatic heterocycles. The third-order valence-electron chi connectivity index (χ3n) is 3.44. The molecular weight excluding hydrogens is 242 g/mol. The van der Waals surface area contributed by atoms with Gasteiger partial charge in [0.2, 0.25) is 0 Å². The Morgan fingerprint density at radius 1 is 1.44 bits per heavy atom. The second kappa shape index (κ2) is 4.71. The molecule has 3 nitrogen and oxygen atoms in total. The first-order valence-corrected chi connectivity index (χ1v) is 7.15. The van der Waals surface area contributed by atoms with E-state index in [4.69, 9.17) is 5.73 Å². The van der Waals surface area contributed by atoms with Gasteiger partial charge in [0.1, 0.15) is 5.01 Å². The van der Waals surface area contributed by atoms with Crippen LogP contribution < -0.4 is 10.6 Å². The van der Waals surface area contributed by atoms with Gasteiger partial charge >= 0.3 is 0 Å². The van der Waals surface area contributed by atoms with E-state index in [1.54, 1.807) is 11.3 Å². The number of benzene rings is 1. The lowest BCUT2D eigenvalue weighted by Crippen LogP contribution is -2.24. The van der Waals surface area contributed by atoms with Crippen LogP contribution in [-0.2, 0) is 13.0 Å². The normalized spacial score (nSPS) is 14.7. The molecule has 0 spiro atoms. The molecule has 18 heavy (non-hydrogen) atoms. The smallest absolute Gasteiger partial charge is 0.123 e. The lowest BCUT2D eigenvalue weighted by molar-refractivity contribution is 0.745. The second-order valence-electron chi connectivity index (χ2n) is 4.72. The lowest BCUT2D eigenvalue weighted by Gasteiger charge is -2.27. The number of rotatable bonds is 2. The Bertz CT molecular complexity index is 562. The molecule has 0 radical (unpaired) electrons. The Morgan fingerprint density at radius 2 is 2.33 bits per heavy atom. The fourth-order valence-corrected chi connectivity index (χ4v) is 3.28. The molecule has 1 aliphatic heterocycles. The van der Waals surface area contributed by atoms with Crippen molar-refractivity contribution in [3.05, 3.63) is 34.8 Å². The zero-order valence-corrected chi connectivity index (χ0v) is 11.3. The van der Waals surface area contributed by atoms with Crippen molar-refractivity contribution in [1.82, 2.24) is 4.98 Å². The van der Waals surface area contributed by atoms with Gasteiger partial charge in [-0.2, -0.15) is 0 Å². The summed E-state index contributed by atoms with van der Waals surface area (Å²) in [5, 5.41) is 3.12. The Balaban J connectivity index is 1.99. The molecular formula is C14H17N3S. The van der Waals surface area contributed by atoms with Crippen molar-refractivity contribution in [2.24, 2.45) is 5.73 Å². The minimum absolute atomic E-state index is 0.518. The third kappa shape index (κ3) is 2.02. The van der Waals surface area contributed by atoms with Crippen LogP contribution in [0.3, 0.4) is 0 Å².